The molecule has 1 fully saturated rings. The number of rotatable bonds is 12. The number of guanidine groups is 1. The lowest BCUT2D eigenvalue weighted by Gasteiger charge is -2.35. The summed E-state index contributed by atoms with van der Waals surface area (Å²) in [7, 11) is 1.82. The van der Waals surface area contributed by atoms with Crippen LogP contribution in [0.1, 0.15) is 46.5 Å². The minimum atomic E-state index is 0.642. The van der Waals surface area contributed by atoms with Gasteiger partial charge in [0, 0.05) is 39.3 Å². The molecular weight excluding hydrogens is 316 g/mol. The maximum absolute atomic E-state index is 5.57. The molecular formula is C19H40N4O2. The molecule has 1 rings (SSSR count). The van der Waals surface area contributed by atoms with Crippen molar-refractivity contribution in [3.05, 3.63) is 0 Å². The van der Waals surface area contributed by atoms with E-state index in [-0.39, 0.29) is 0 Å². The van der Waals surface area contributed by atoms with Crippen molar-refractivity contribution in [2.75, 3.05) is 59.7 Å². The number of piperidine rings is 1. The van der Waals surface area contributed by atoms with Crippen LogP contribution in [0.2, 0.25) is 0 Å². The second kappa shape index (κ2) is 14.3. The maximum atomic E-state index is 5.57. The van der Waals surface area contributed by atoms with Crippen LogP contribution in [0.25, 0.3) is 0 Å². The van der Waals surface area contributed by atoms with Gasteiger partial charge in [0.2, 0.25) is 0 Å². The Kier molecular flexibility index (Phi) is 12.7. The molecule has 0 aromatic carbocycles. The van der Waals surface area contributed by atoms with E-state index >= 15 is 0 Å². The maximum Gasteiger partial charge on any atom is 0.191 e. The Balaban J connectivity index is 2.05. The van der Waals surface area contributed by atoms with Crippen molar-refractivity contribution < 1.29 is 9.47 Å². The average molecular weight is 357 g/mol. The first-order chi connectivity index (χ1) is 12.2. The lowest BCUT2D eigenvalue weighted by molar-refractivity contribution is 0.0487. The number of likely N-dealkylation sites (tertiary alicyclic amines) is 1. The molecule has 6 nitrogen and oxygen atoms in total. The second-order valence-corrected chi connectivity index (χ2v) is 7.06. The first-order valence-electron chi connectivity index (χ1n) is 10.0. The van der Waals surface area contributed by atoms with Crippen molar-refractivity contribution in [2.24, 2.45) is 10.9 Å². The third kappa shape index (κ3) is 10.7. The summed E-state index contributed by atoms with van der Waals surface area (Å²) >= 11 is 0. The SMILES string of the molecule is CCCCOCCOCCNC(=NC)NCC1CCCN(C(C)C)C1. The molecule has 1 unspecified atom stereocenters. The zero-order valence-electron chi connectivity index (χ0n) is 16.9. The molecule has 2 N–H and O–H groups in total. The normalized spacial score (nSPS) is 19.4. The Morgan fingerprint density at radius 3 is 2.60 bits per heavy atom. The standard InChI is InChI=1S/C19H40N4O2/c1-5-6-11-24-13-14-25-12-9-21-19(20-4)22-15-18-8-7-10-23(16-18)17(2)3/h17-18H,5-16H2,1-4H3,(H2,20,21,22). The third-order valence-electron chi connectivity index (χ3n) is 4.62. The molecule has 0 spiro atoms. The Labute approximate surface area is 154 Å². The molecule has 1 saturated heterocycles. The fraction of sp³-hybridized carbons (Fsp3) is 0.947. The number of hydrogen-bond donors (Lipinski definition) is 2. The van der Waals surface area contributed by atoms with Crippen molar-refractivity contribution in [2.45, 2.75) is 52.5 Å². The summed E-state index contributed by atoms with van der Waals surface area (Å²) in [6.07, 6.45) is 4.89. The Bertz CT molecular complexity index is 350. The first-order valence-corrected chi connectivity index (χ1v) is 10.0. The van der Waals surface area contributed by atoms with Crippen molar-refractivity contribution in [3.8, 4) is 0 Å². The van der Waals surface area contributed by atoms with Gasteiger partial charge < -0.3 is 25.0 Å². The van der Waals surface area contributed by atoms with E-state index in [1.807, 2.05) is 7.05 Å². The summed E-state index contributed by atoms with van der Waals surface area (Å²) in [6.45, 7) is 13.7. The summed E-state index contributed by atoms with van der Waals surface area (Å²) in [4.78, 5) is 6.87. The van der Waals surface area contributed by atoms with Gasteiger partial charge >= 0.3 is 0 Å². The molecule has 6 heteroatoms. The summed E-state index contributed by atoms with van der Waals surface area (Å²) in [5.74, 6) is 1.57. The molecule has 0 aromatic rings. The Morgan fingerprint density at radius 2 is 1.92 bits per heavy atom. The van der Waals surface area contributed by atoms with Crippen LogP contribution in [-0.4, -0.2) is 76.6 Å². The molecule has 0 saturated carbocycles. The molecule has 1 aliphatic rings. The van der Waals surface area contributed by atoms with Crippen molar-refractivity contribution >= 4 is 5.96 Å². The highest BCUT2D eigenvalue weighted by molar-refractivity contribution is 5.79. The van der Waals surface area contributed by atoms with Gasteiger partial charge in [-0.05, 0) is 45.6 Å². The van der Waals surface area contributed by atoms with Gasteiger partial charge in [0.05, 0.1) is 19.8 Å². The van der Waals surface area contributed by atoms with E-state index in [4.69, 9.17) is 9.47 Å². The topological polar surface area (TPSA) is 58.1 Å². The molecule has 1 aliphatic heterocycles. The van der Waals surface area contributed by atoms with Gasteiger partial charge in [-0.2, -0.15) is 0 Å². The van der Waals surface area contributed by atoms with Gasteiger partial charge in [0.15, 0.2) is 5.96 Å². The Hall–Kier alpha value is -0.850. The van der Waals surface area contributed by atoms with E-state index in [9.17, 15) is 0 Å². The summed E-state index contributed by atoms with van der Waals surface area (Å²) < 4.78 is 11.0. The molecule has 0 amide bonds. The lowest BCUT2D eigenvalue weighted by Crippen LogP contribution is -2.46. The fourth-order valence-electron chi connectivity index (χ4n) is 3.00. The van der Waals surface area contributed by atoms with Crippen molar-refractivity contribution in [3.63, 3.8) is 0 Å². The van der Waals surface area contributed by atoms with Crippen LogP contribution >= 0.6 is 0 Å². The highest BCUT2D eigenvalue weighted by atomic mass is 16.5. The summed E-state index contributed by atoms with van der Waals surface area (Å²) in [6, 6.07) is 0.642. The highest BCUT2D eigenvalue weighted by Gasteiger charge is 2.21. The zero-order chi connectivity index (χ0) is 18.3. The van der Waals surface area contributed by atoms with E-state index < -0.39 is 0 Å². The van der Waals surface area contributed by atoms with Gasteiger partial charge in [-0.15, -0.1) is 0 Å². The number of ether oxygens (including phenoxy) is 2. The van der Waals surface area contributed by atoms with Crippen molar-refractivity contribution in [1.82, 2.24) is 15.5 Å². The minimum Gasteiger partial charge on any atom is -0.379 e. The van der Waals surface area contributed by atoms with Crippen LogP contribution in [0.3, 0.4) is 0 Å². The molecule has 1 atom stereocenters. The van der Waals surface area contributed by atoms with E-state index in [0.29, 0.717) is 31.8 Å². The quantitative estimate of drug-likeness (QED) is 0.319. The Morgan fingerprint density at radius 1 is 1.16 bits per heavy atom. The number of nitrogens with zero attached hydrogens (tertiary/aromatic N) is 2. The number of hydrogen-bond acceptors (Lipinski definition) is 4. The second-order valence-electron chi connectivity index (χ2n) is 7.06. The lowest BCUT2D eigenvalue weighted by atomic mass is 9.97. The predicted octanol–water partition coefficient (Wildman–Crippen LogP) is 2.11. The van der Waals surface area contributed by atoms with Crippen molar-refractivity contribution in [1.29, 1.82) is 0 Å². The molecule has 148 valence electrons. The summed E-state index contributed by atoms with van der Waals surface area (Å²) in [5, 5.41) is 6.77. The molecule has 0 radical (unpaired) electrons. The van der Waals surface area contributed by atoms with Crippen LogP contribution in [-0.2, 0) is 9.47 Å². The van der Waals surface area contributed by atoms with Crippen LogP contribution in [0.4, 0.5) is 0 Å². The predicted molar refractivity (Wildman–Crippen MR) is 105 cm³/mol. The zero-order valence-corrected chi connectivity index (χ0v) is 16.9. The largest absolute Gasteiger partial charge is 0.379 e. The van der Waals surface area contributed by atoms with E-state index in [1.54, 1.807) is 0 Å². The van der Waals surface area contributed by atoms with Gasteiger partial charge in [-0.25, -0.2) is 0 Å². The molecule has 1 heterocycles. The van der Waals surface area contributed by atoms with E-state index in [1.165, 1.54) is 32.4 Å². The van der Waals surface area contributed by atoms with Crippen LogP contribution < -0.4 is 10.6 Å². The number of aliphatic imine (C=N–C) groups is 1. The van der Waals surface area contributed by atoms with E-state index in [0.717, 1.165) is 32.1 Å². The average Bonchev–Trinajstić information content (AvgIpc) is 2.63. The molecule has 0 bridgehead atoms. The van der Waals surface area contributed by atoms with Crippen LogP contribution in [0, 0.1) is 5.92 Å². The molecule has 0 aromatic heterocycles. The third-order valence-corrected chi connectivity index (χ3v) is 4.62. The molecule has 25 heavy (non-hydrogen) atoms. The van der Waals surface area contributed by atoms with Gasteiger partial charge in [0.25, 0.3) is 0 Å². The number of nitrogens with one attached hydrogen (secondary N) is 2. The highest BCUT2D eigenvalue weighted by Crippen LogP contribution is 2.17. The smallest absolute Gasteiger partial charge is 0.191 e. The summed E-state index contributed by atoms with van der Waals surface area (Å²) in [5.41, 5.74) is 0. The fourth-order valence-corrected chi connectivity index (χ4v) is 3.00. The van der Waals surface area contributed by atoms with Gasteiger partial charge in [-0.1, -0.05) is 13.3 Å². The van der Waals surface area contributed by atoms with E-state index in [2.05, 4.69) is 41.3 Å². The van der Waals surface area contributed by atoms with Crippen LogP contribution in [0.5, 0.6) is 0 Å². The monoisotopic (exact) mass is 356 g/mol. The number of unbranched alkanes of at least 4 members (excludes halogenated alkanes) is 1. The minimum absolute atomic E-state index is 0.642. The first kappa shape index (κ1) is 22.2. The van der Waals surface area contributed by atoms with Crippen LogP contribution in [0.15, 0.2) is 4.99 Å². The van der Waals surface area contributed by atoms with Gasteiger partial charge in [0.1, 0.15) is 0 Å². The van der Waals surface area contributed by atoms with Gasteiger partial charge in [-0.3, -0.25) is 4.99 Å². The molecule has 0 aliphatic carbocycles.